The minimum atomic E-state index is -0.726. The van der Waals surface area contributed by atoms with Gasteiger partial charge in [-0.15, -0.1) is 0 Å². The maximum atomic E-state index is 10.9. The van der Waals surface area contributed by atoms with Crippen molar-refractivity contribution in [1.82, 2.24) is 9.78 Å². The van der Waals surface area contributed by atoms with E-state index >= 15 is 0 Å². The largest absolute Gasteiger partial charge is 0.389 e. The Morgan fingerprint density at radius 3 is 2.48 bits per heavy atom. The lowest BCUT2D eigenvalue weighted by Crippen LogP contribution is -2.33. The van der Waals surface area contributed by atoms with Crippen molar-refractivity contribution in [1.29, 1.82) is 0 Å². The summed E-state index contributed by atoms with van der Waals surface area (Å²) in [6, 6.07) is 12.6. The third-order valence-electron chi connectivity index (χ3n) is 4.25. The minimum absolute atomic E-state index is 0.405. The van der Waals surface area contributed by atoms with E-state index in [0.29, 0.717) is 18.9 Å². The van der Waals surface area contributed by atoms with Crippen molar-refractivity contribution in [2.75, 3.05) is 0 Å². The standard InChI is InChI=1S/C18H26N2O/c1-4-15(3)20-12-11-17(19-20)14-18(21,5-2)13-16-9-7-6-8-10-16/h6-12,15,21H,4-5,13-14H2,1-3H3. The van der Waals surface area contributed by atoms with Gasteiger partial charge in [0, 0.05) is 25.1 Å². The van der Waals surface area contributed by atoms with E-state index in [2.05, 4.69) is 31.1 Å². The fourth-order valence-electron chi connectivity index (χ4n) is 2.53. The van der Waals surface area contributed by atoms with Gasteiger partial charge >= 0.3 is 0 Å². The lowest BCUT2D eigenvalue weighted by molar-refractivity contribution is 0.0357. The van der Waals surface area contributed by atoms with Crippen molar-refractivity contribution >= 4 is 0 Å². The molecule has 1 heterocycles. The van der Waals surface area contributed by atoms with Crippen molar-refractivity contribution in [3.8, 4) is 0 Å². The monoisotopic (exact) mass is 286 g/mol. The molecule has 0 saturated carbocycles. The molecule has 0 aliphatic carbocycles. The normalized spacial score (nSPS) is 15.6. The molecule has 1 N–H and O–H groups in total. The molecule has 1 aromatic heterocycles. The zero-order valence-corrected chi connectivity index (χ0v) is 13.3. The predicted molar refractivity (Wildman–Crippen MR) is 86.3 cm³/mol. The summed E-state index contributed by atoms with van der Waals surface area (Å²) in [6.07, 6.45) is 5.06. The van der Waals surface area contributed by atoms with Crippen LogP contribution in [0.1, 0.15) is 50.9 Å². The van der Waals surface area contributed by atoms with Gasteiger partial charge in [0.2, 0.25) is 0 Å². The van der Waals surface area contributed by atoms with Crippen LogP contribution in [-0.2, 0) is 12.8 Å². The third kappa shape index (κ3) is 4.18. The molecule has 2 atom stereocenters. The molecule has 0 bridgehead atoms. The van der Waals surface area contributed by atoms with Gasteiger partial charge in [-0.05, 0) is 31.4 Å². The van der Waals surface area contributed by atoms with Gasteiger partial charge in [-0.3, -0.25) is 4.68 Å². The van der Waals surface area contributed by atoms with Gasteiger partial charge in [-0.25, -0.2) is 0 Å². The van der Waals surface area contributed by atoms with E-state index in [1.165, 1.54) is 5.56 Å². The molecule has 0 amide bonds. The van der Waals surface area contributed by atoms with E-state index in [-0.39, 0.29) is 0 Å². The zero-order chi connectivity index (χ0) is 15.3. The average molecular weight is 286 g/mol. The highest BCUT2D eigenvalue weighted by molar-refractivity contribution is 5.18. The topological polar surface area (TPSA) is 38.0 Å². The second kappa shape index (κ2) is 6.90. The summed E-state index contributed by atoms with van der Waals surface area (Å²) in [5.41, 5.74) is 1.41. The summed E-state index contributed by atoms with van der Waals surface area (Å²) in [5, 5.41) is 15.5. The van der Waals surface area contributed by atoms with Crippen LogP contribution in [0.25, 0.3) is 0 Å². The van der Waals surface area contributed by atoms with Crippen LogP contribution in [0.15, 0.2) is 42.6 Å². The predicted octanol–water partition coefficient (Wildman–Crippen LogP) is 3.78. The first-order chi connectivity index (χ1) is 10.1. The van der Waals surface area contributed by atoms with Crippen LogP contribution in [0.3, 0.4) is 0 Å². The summed E-state index contributed by atoms with van der Waals surface area (Å²) < 4.78 is 1.99. The lowest BCUT2D eigenvalue weighted by Gasteiger charge is -2.26. The van der Waals surface area contributed by atoms with Crippen LogP contribution in [-0.4, -0.2) is 20.5 Å². The molecule has 3 nitrogen and oxygen atoms in total. The van der Waals surface area contributed by atoms with E-state index in [0.717, 1.165) is 18.5 Å². The first kappa shape index (κ1) is 15.8. The molecule has 2 rings (SSSR count). The zero-order valence-electron chi connectivity index (χ0n) is 13.3. The summed E-state index contributed by atoms with van der Waals surface area (Å²) >= 11 is 0. The van der Waals surface area contributed by atoms with Gasteiger partial charge in [-0.1, -0.05) is 44.2 Å². The molecule has 3 heteroatoms. The Hall–Kier alpha value is -1.61. The molecule has 0 radical (unpaired) electrons. The van der Waals surface area contributed by atoms with Gasteiger partial charge in [0.25, 0.3) is 0 Å². The molecule has 0 aliphatic rings. The van der Waals surface area contributed by atoms with Crippen molar-refractivity contribution < 1.29 is 5.11 Å². The number of benzene rings is 1. The van der Waals surface area contributed by atoms with E-state index in [1.807, 2.05) is 42.1 Å². The SMILES string of the molecule is CCC(C)n1ccc(CC(O)(CC)Cc2ccccc2)n1. The average Bonchev–Trinajstić information content (AvgIpc) is 2.95. The van der Waals surface area contributed by atoms with E-state index in [9.17, 15) is 5.11 Å². The van der Waals surface area contributed by atoms with Crippen LogP contribution < -0.4 is 0 Å². The molecule has 114 valence electrons. The van der Waals surface area contributed by atoms with Crippen molar-refractivity contribution in [3.63, 3.8) is 0 Å². The highest BCUT2D eigenvalue weighted by Crippen LogP contribution is 2.22. The van der Waals surface area contributed by atoms with Gasteiger partial charge in [-0.2, -0.15) is 5.10 Å². The van der Waals surface area contributed by atoms with E-state index in [4.69, 9.17) is 0 Å². The molecule has 1 aromatic carbocycles. The van der Waals surface area contributed by atoms with Gasteiger partial charge < -0.3 is 5.11 Å². The molecule has 2 unspecified atom stereocenters. The number of nitrogens with zero attached hydrogens (tertiary/aromatic N) is 2. The Morgan fingerprint density at radius 1 is 1.14 bits per heavy atom. The highest BCUT2D eigenvalue weighted by Gasteiger charge is 2.26. The molecule has 0 spiro atoms. The Labute approximate surface area is 127 Å². The molecule has 0 aliphatic heterocycles. The quantitative estimate of drug-likeness (QED) is 0.841. The van der Waals surface area contributed by atoms with Gasteiger partial charge in [0.15, 0.2) is 0 Å². The van der Waals surface area contributed by atoms with Crippen LogP contribution in [0.4, 0.5) is 0 Å². The Morgan fingerprint density at radius 2 is 1.86 bits per heavy atom. The number of hydrogen-bond acceptors (Lipinski definition) is 2. The summed E-state index contributed by atoms with van der Waals surface area (Å²) in [6.45, 7) is 6.35. The summed E-state index contributed by atoms with van der Waals surface area (Å²) in [7, 11) is 0. The van der Waals surface area contributed by atoms with Gasteiger partial charge in [0.05, 0.1) is 11.3 Å². The molecule has 21 heavy (non-hydrogen) atoms. The van der Waals surface area contributed by atoms with Crippen LogP contribution >= 0.6 is 0 Å². The Balaban J connectivity index is 2.09. The maximum Gasteiger partial charge on any atom is 0.0741 e. The lowest BCUT2D eigenvalue weighted by atomic mass is 9.87. The molecule has 0 fully saturated rings. The summed E-state index contributed by atoms with van der Waals surface area (Å²) in [5.74, 6) is 0. The van der Waals surface area contributed by atoms with E-state index < -0.39 is 5.60 Å². The van der Waals surface area contributed by atoms with Crippen molar-refractivity contribution in [3.05, 3.63) is 53.9 Å². The number of hydrogen-bond donors (Lipinski definition) is 1. The fourth-order valence-corrected chi connectivity index (χ4v) is 2.53. The highest BCUT2D eigenvalue weighted by atomic mass is 16.3. The Bertz CT molecular complexity index is 549. The molecular formula is C18H26N2O. The smallest absolute Gasteiger partial charge is 0.0741 e. The maximum absolute atomic E-state index is 10.9. The second-order valence-electron chi connectivity index (χ2n) is 5.96. The number of rotatable bonds is 7. The van der Waals surface area contributed by atoms with Crippen LogP contribution in [0.5, 0.6) is 0 Å². The second-order valence-corrected chi connectivity index (χ2v) is 5.96. The van der Waals surface area contributed by atoms with Crippen molar-refractivity contribution in [2.45, 2.75) is 58.1 Å². The van der Waals surface area contributed by atoms with Crippen LogP contribution in [0, 0.1) is 0 Å². The first-order valence-electron chi connectivity index (χ1n) is 7.86. The minimum Gasteiger partial charge on any atom is -0.389 e. The molecule has 0 saturated heterocycles. The first-order valence-corrected chi connectivity index (χ1v) is 7.86. The summed E-state index contributed by atoms with van der Waals surface area (Å²) in [4.78, 5) is 0. The van der Waals surface area contributed by atoms with Crippen molar-refractivity contribution in [2.24, 2.45) is 0 Å². The van der Waals surface area contributed by atoms with E-state index in [1.54, 1.807) is 0 Å². The molecular weight excluding hydrogens is 260 g/mol. The number of aromatic nitrogens is 2. The van der Waals surface area contributed by atoms with Gasteiger partial charge in [0.1, 0.15) is 0 Å². The van der Waals surface area contributed by atoms with Crippen LogP contribution in [0.2, 0.25) is 0 Å². The fraction of sp³-hybridized carbons (Fsp3) is 0.500. The number of aliphatic hydroxyl groups is 1. The Kier molecular flexibility index (Phi) is 5.18. The molecule has 2 aromatic rings. The third-order valence-corrected chi connectivity index (χ3v) is 4.25.